The molecule has 0 bridgehead atoms. The van der Waals surface area contributed by atoms with Crippen molar-refractivity contribution in [1.82, 2.24) is 5.32 Å². The Balaban J connectivity index is 1.95. The molecule has 3 nitrogen and oxygen atoms in total. The van der Waals surface area contributed by atoms with Gasteiger partial charge in [-0.25, -0.2) is 0 Å². The summed E-state index contributed by atoms with van der Waals surface area (Å²) in [6.45, 7) is 8.41. The molecule has 0 unspecified atom stereocenters. The smallest absolute Gasteiger partial charge is 0.146 e. The van der Waals surface area contributed by atoms with Gasteiger partial charge in [-0.15, -0.1) is 0 Å². The first-order valence-electron chi connectivity index (χ1n) is 6.68. The average Bonchev–Trinajstić information content (AvgIpc) is 2.86. The minimum atomic E-state index is 0.469. The quantitative estimate of drug-likeness (QED) is 0.861. The van der Waals surface area contributed by atoms with Gasteiger partial charge < -0.3 is 14.5 Å². The number of aryl methyl sites for hydroxylation is 1. The highest BCUT2D eigenvalue weighted by Gasteiger charge is 2.05. The minimum absolute atomic E-state index is 0.469. The largest absolute Gasteiger partial charge is 0.485 e. The summed E-state index contributed by atoms with van der Waals surface area (Å²) in [5.41, 5.74) is 2.42. The van der Waals surface area contributed by atoms with E-state index in [9.17, 15) is 0 Å². The molecule has 102 valence electrons. The van der Waals surface area contributed by atoms with Gasteiger partial charge in [-0.05, 0) is 49.7 Å². The van der Waals surface area contributed by atoms with Gasteiger partial charge in [0.2, 0.25) is 0 Å². The van der Waals surface area contributed by atoms with Gasteiger partial charge in [-0.1, -0.05) is 19.1 Å². The molecule has 1 heterocycles. The first-order chi connectivity index (χ1) is 9.20. The van der Waals surface area contributed by atoms with Gasteiger partial charge in [-0.3, -0.25) is 0 Å². The second-order valence-corrected chi connectivity index (χ2v) is 4.64. The number of furan rings is 1. The van der Waals surface area contributed by atoms with Crippen molar-refractivity contribution in [3.8, 4) is 5.75 Å². The van der Waals surface area contributed by atoms with E-state index in [4.69, 9.17) is 9.15 Å². The maximum atomic E-state index is 5.81. The Morgan fingerprint density at radius 3 is 2.68 bits per heavy atom. The van der Waals surface area contributed by atoms with Crippen molar-refractivity contribution in [3.05, 3.63) is 53.0 Å². The zero-order valence-corrected chi connectivity index (χ0v) is 11.8. The highest BCUT2D eigenvalue weighted by atomic mass is 16.5. The van der Waals surface area contributed by atoms with E-state index < -0.39 is 0 Å². The minimum Gasteiger partial charge on any atom is -0.485 e. The molecule has 0 saturated carbocycles. The second kappa shape index (κ2) is 6.43. The van der Waals surface area contributed by atoms with Crippen LogP contribution >= 0.6 is 0 Å². The fraction of sp³-hybridized carbons (Fsp3) is 0.375. The van der Waals surface area contributed by atoms with Crippen LogP contribution in [0, 0.1) is 13.8 Å². The zero-order chi connectivity index (χ0) is 13.7. The Morgan fingerprint density at radius 2 is 1.89 bits per heavy atom. The standard InChI is InChI=1S/C16H21NO2/c1-4-17-10-14-8-9-15(19-14)11-18-16-7-5-6-12(2)13(16)3/h5-9,17H,4,10-11H2,1-3H3. The van der Waals surface area contributed by atoms with Crippen LogP contribution in [0.1, 0.15) is 29.6 Å². The van der Waals surface area contributed by atoms with Crippen molar-refractivity contribution >= 4 is 0 Å². The van der Waals surface area contributed by atoms with Crippen LogP contribution in [0.5, 0.6) is 5.75 Å². The summed E-state index contributed by atoms with van der Waals surface area (Å²) in [5, 5.41) is 3.23. The van der Waals surface area contributed by atoms with Gasteiger partial charge >= 0.3 is 0 Å². The predicted molar refractivity (Wildman–Crippen MR) is 76.3 cm³/mol. The number of hydrogen-bond donors (Lipinski definition) is 1. The van der Waals surface area contributed by atoms with Crippen LogP contribution in [0.15, 0.2) is 34.7 Å². The molecule has 0 atom stereocenters. The molecule has 0 aliphatic carbocycles. The molecule has 1 aromatic carbocycles. The molecule has 2 aromatic rings. The van der Waals surface area contributed by atoms with E-state index in [1.54, 1.807) is 0 Å². The molecular formula is C16H21NO2. The Morgan fingerprint density at radius 1 is 1.11 bits per heavy atom. The van der Waals surface area contributed by atoms with Gasteiger partial charge in [0, 0.05) is 0 Å². The molecule has 0 spiro atoms. The topological polar surface area (TPSA) is 34.4 Å². The number of rotatable bonds is 6. The Kier molecular flexibility index (Phi) is 4.63. The third-order valence-electron chi connectivity index (χ3n) is 3.19. The molecular weight excluding hydrogens is 238 g/mol. The van der Waals surface area contributed by atoms with E-state index in [2.05, 4.69) is 32.2 Å². The first-order valence-corrected chi connectivity index (χ1v) is 6.68. The molecule has 0 radical (unpaired) electrons. The normalized spacial score (nSPS) is 10.7. The molecule has 1 aromatic heterocycles. The lowest BCUT2D eigenvalue weighted by atomic mass is 10.1. The maximum absolute atomic E-state index is 5.81. The molecule has 0 aliphatic rings. The fourth-order valence-electron chi connectivity index (χ4n) is 1.87. The van der Waals surface area contributed by atoms with Crippen molar-refractivity contribution in [3.63, 3.8) is 0 Å². The van der Waals surface area contributed by atoms with Crippen molar-refractivity contribution in [2.75, 3.05) is 6.54 Å². The Hall–Kier alpha value is -1.74. The first kappa shape index (κ1) is 13.7. The van der Waals surface area contributed by atoms with Crippen LogP contribution in [0.2, 0.25) is 0 Å². The lowest BCUT2D eigenvalue weighted by Crippen LogP contribution is -2.10. The molecule has 0 fully saturated rings. The van der Waals surface area contributed by atoms with Crippen molar-refractivity contribution in [2.45, 2.75) is 33.9 Å². The maximum Gasteiger partial charge on any atom is 0.146 e. The van der Waals surface area contributed by atoms with Crippen LogP contribution < -0.4 is 10.1 Å². The van der Waals surface area contributed by atoms with Gasteiger partial charge in [0.25, 0.3) is 0 Å². The van der Waals surface area contributed by atoms with Crippen LogP contribution in [0.4, 0.5) is 0 Å². The van der Waals surface area contributed by atoms with Gasteiger partial charge in [0.1, 0.15) is 23.9 Å². The molecule has 3 heteroatoms. The Bertz CT molecular complexity index is 531. The average molecular weight is 259 g/mol. The molecule has 0 amide bonds. The van der Waals surface area contributed by atoms with Crippen LogP contribution in [0.3, 0.4) is 0 Å². The summed E-state index contributed by atoms with van der Waals surface area (Å²) < 4.78 is 11.5. The van der Waals surface area contributed by atoms with E-state index in [1.165, 1.54) is 11.1 Å². The summed E-state index contributed by atoms with van der Waals surface area (Å²) in [7, 11) is 0. The zero-order valence-electron chi connectivity index (χ0n) is 11.8. The SMILES string of the molecule is CCNCc1ccc(COc2cccc(C)c2C)o1. The third kappa shape index (κ3) is 3.61. The van der Waals surface area contributed by atoms with E-state index in [-0.39, 0.29) is 0 Å². The summed E-state index contributed by atoms with van der Waals surface area (Å²) in [5.74, 6) is 2.72. The molecule has 2 rings (SSSR count). The van der Waals surface area contributed by atoms with E-state index in [1.807, 2.05) is 24.3 Å². The van der Waals surface area contributed by atoms with E-state index >= 15 is 0 Å². The summed E-state index contributed by atoms with van der Waals surface area (Å²) >= 11 is 0. The van der Waals surface area contributed by atoms with Crippen LogP contribution in [-0.4, -0.2) is 6.54 Å². The van der Waals surface area contributed by atoms with Gasteiger partial charge in [-0.2, -0.15) is 0 Å². The lowest BCUT2D eigenvalue weighted by molar-refractivity contribution is 0.263. The highest BCUT2D eigenvalue weighted by molar-refractivity contribution is 5.38. The van der Waals surface area contributed by atoms with Crippen LogP contribution in [0.25, 0.3) is 0 Å². The lowest BCUT2D eigenvalue weighted by Gasteiger charge is -2.09. The molecule has 19 heavy (non-hydrogen) atoms. The van der Waals surface area contributed by atoms with Crippen LogP contribution in [-0.2, 0) is 13.2 Å². The fourth-order valence-corrected chi connectivity index (χ4v) is 1.87. The number of ether oxygens (including phenoxy) is 1. The van der Waals surface area contributed by atoms with Crippen molar-refractivity contribution in [2.24, 2.45) is 0 Å². The predicted octanol–water partition coefficient (Wildman–Crippen LogP) is 3.58. The van der Waals surface area contributed by atoms with Crippen molar-refractivity contribution < 1.29 is 9.15 Å². The van der Waals surface area contributed by atoms with E-state index in [0.717, 1.165) is 30.4 Å². The van der Waals surface area contributed by atoms with Crippen molar-refractivity contribution in [1.29, 1.82) is 0 Å². The third-order valence-corrected chi connectivity index (χ3v) is 3.19. The number of nitrogens with one attached hydrogen (secondary N) is 1. The summed E-state index contributed by atoms with van der Waals surface area (Å²) in [4.78, 5) is 0. The summed E-state index contributed by atoms with van der Waals surface area (Å²) in [6.07, 6.45) is 0. The van der Waals surface area contributed by atoms with Gasteiger partial charge in [0.15, 0.2) is 0 Å². The molecule has 0 saturated heterocycles. The number of benzene rings is 1. The molecule has 0 aliphatic heterocycles. The Labute approximate surface area is 114 Å². The second-order valence-electron chi connectivity index (χ2n) is 4.64. The highest BCUT2D eigenvalue weighted by Crippen LogP contribution is 2.22. The number of hydrogen-bond acceptors (Lipinski definition) is 3. The monoisotopic (exact) mass is 259 g/mol. The van der Waals surface area contributed by atoms with Gasteiger partial charge in [0.05, 0.1) is 6.54 Å². The molecule has 1 N–H and O–H groups in total. The van der Waals surface area contributed by atoms with E-state index in [0.29, 0.717) is 6.61 Å². The summed E-state index contributed by atoms with van der Waals surface area (Å²) in [6, 6.07) is 10.0.